The maximum atomic E-state index is 12.8. The van der Waals surface area contributed by atoms with Crippen LogP contribution in [-0.2, 0) is 26.4 Å². The molecule has 0 radical (unpaired) electrons. The number of methoxy groups -OCH3 is 2. The highest BCUT2D eigenvalue weighted by atomic mass is 16.6. The van der Waals surface area contributed by atoms with Crippen LogP contribution in [0.4, 0.5) is 0 Å². The number of carbonyl (C=O) groups excluding carboxylic acids is 1. The van der Waals surface area contributed by atoms with Crippen LogP contribution in [0.1, 0.15) is 43.7 Å². The van der Waals surface area contributed by atoms with Crippen LogP contribution >= 0.6 is 0 Å². The van der Waals surface area contributed by atoms with E-state index in [1.165, 1.54) is 5.56 Å². The normalized spacial score (nSPS) is 23.0. The third-order valence-electron chi connectivity index (χ3n) is 6.15. The Balaban J connectivity index is 1.50. The molecular weight excluding hydrogens is 360 g/mol. The third-order valence-corrected chi connectivity index (χ3v) is 6.15. The Morgan fingerprint density at radius 1 is 1.25 bits per heavy atom. The summed E-state index contributed by atoms with van der Waals surface area (Å²) < 4.78 is 17.3. The van der Waals surface area contributed by atoms with E-state index in [1.807, 2.05) is 17.9 Å². The van der Waals surface area contributed by atoms with Crippen molar-refractivity contribution in [2.75, 3.05) is 33.9 Å². The molecule has 0 aliphatic carbocycles. The van der Waals surface area contributed by atoms with E-state index in [1.54, 1.807) is 14.2 Å². The third kappa shape index (κ3) is 3.21. The van der Waals surface area contributed by atoms with Gasteiger partial charge >= 0.3 is 0 Å². The van der Waals surface area contributed by atoms with E-state index in [2.05, 4.69) is 11.2 Å². The van der Waals surface area contributed by atoms with Gasteiger partial charge in [0.1, 0.15) is 0 Å². The van der Waals surface area contributed by atoms with Crippen LogP contribution in [0, 0.1) is 0 Å². The van der Waals surface area contributed by atoms with Crippen molar-refractivity contribution >= 4 is 11.6 Å². The summed E-state index contributed by atoms with van der Waals surface area (Å²) in [6, 6.07) is 4.11. The van der Waals surface area contributed by atoms with Crippen molar-refractivity contribution in [3.63, 3.8) is 0 Å². The quantitative estimate of drug-likeness (QED) is 0.793. The minimum atomic E-state index is -0.465. The van der Waals surface area contributed by atoms with Gasteiger partial charge in [-0.1, -0.05) is 12.1 Å². The molecule has 1 atom stereocenters. The fourth-order valence-electron chi connectivity index (χ4n) is 4.46. The summed E-state index contributed by atoms with van der Waals surface area (Å²) in [6.45, 7) is 4.00. The van der Waals surface area contributed by atoms with Crippen molar-refractivity contribution in [3.8, 4) is 11.5 Å². The van der Waals surface area contributed by atoms with Gasteiger partial charge in [-0.15, -0.1) is 0 Å². The molecule has 1 amide bonds. The first-order chi connectivity index (χ1) is 13.6. The molecule has 7 nitrogen and oxygen atoms in total. The minimum Gasteiger partial charge on any atom is -0.493 e. The molecule has 0 N–H and O–H groups in total. The van der Waals surface area contributed by atoms with Gasteiger partial charge in [0, 0.05) is 19.5 Å². The van der Waals surface area contributed by atoms with Gasteiger partial charge in [-0.3, -0.25) is 4.79 Å². The van der Waals surface area contributed by atoms with E-state index >= 15 is 0 Å². The number of oxime groups is 1. The largest absolute Gasteiger partial charge is 0.493 e. The molecule has 28 heavy (non-hydrogen) atoms. The van der Waals surface area contributed by atoms with Gasteiger partial charge in [0.2, 0.25) is 6.10 Å². The average Bonchev–Trinajstić information content (AvgIpc) is 3.22. The zero-order chi connectivity index (χ0) is 19.7. The Kier molecular flexibility index (Phi) is 5.19. The molecular formula is C21H28N2O5. The van der Waals surface area contributed by atoms with Gasteiger partial charge in [-0.05, 0) is 48.9 Å². The summed E-state index contributed by atoms with van der Waals surface area (Å²) in [4.78, 5) is 20.1. The van der Waals surface area contributed by atoms with E-state index in [4.69, 9.17) is 19.0 Å². The smallest absolute Gasteiger partial charge is 0.266 e. The second-order valence-corrected chi connectivity index (χ2v) is 7.59. The molecule has 1 saturated heterocycles. The first kappa shape index (κ1) is 19.1. The molecule has 7 heteroatoms. The number of nitrogens with zero attached hydrogens (tertiary/aromatic N) is 2. The summed E-state index contributed by atoms with van der Waals surface area (Å²) in [7, 11) is 3.30. The first-order valence-electron chi connectivity index (χ1n) is 10.00. The Morgan fingerprint density at radius 3 is 2.61 bits per heavy atom. The maximum Gasteiger partial charge on any atom is 0.266 e. The number of likely N-dealkylation sites (tertiary alicyclic amines) is 1. The van der Waals surface area contributed by atoms with Gasteiger partial charge in [0.05, 0.1) is 32.1 Å². The Hall–Kier alpha value is -2.28. The lowest BCUT2D eigenvalue weighted by Gasteiger charge is -2.45. The molecule has 0 aromatic heterocycles. The molecule has 152 valence electrons. The standard InChI is InChI=1S/C21H28N2O5/c1-4-15-12-19(28-22-15)20(24)23-8-6-21(7-9-23)16-13-18(26-3)17(25-2)11-14(16)5-10-27-21/h11,13,19H,4-10,12H2,1-3H3. The van der Waals surface area contributed by atoms with E-state index in [9.17, 15) is 4.79 Å². The van der Waals surface area contributed by atoms with Gasteiger partial charge in [-0.2, -0.15) is 0 Å². The SMILES string of the molecule is CCC1=NOC(C(=O)N2CCC3(CC2)OCCc2cc(OC)c(OC)cc23)C1. The van der Waals surface area contributed by atoms with Crippen molar-refractivity contribution in [1.82, 2.24) is 4.90 Å². The number of rotatable bonds is 4. The average molecular weight is 388 g/mol. The zero-order valence-corrected chi connectivity index (χ0v) is 16.8. The van der Waals surface area contributed by atoms with Crippen LogP contribution in [0.15, 0.2) is 17.3 Å². The minimum absolute atomic E-state index is 0.0328. The molecule has 4 rings (SSSR count). The molecule has 0 bridgehead atoms. The highest BCUT2D eigenvalue weighted by Crippen LogP contribution is 2.45. The molecule has 0 saturated carbocycles. The summed E-state index contributed by atoms with van der Waals surface area (Å²) in [5.74, 6) is 1.50. The van der Waals surface area contributed by atoms with Crippen LogP contribution in [-0.4, -0.2) is 56.5 Å². The van der Waals surface area contributed by atoms with Crippen LogP contribution in [0.25, 0.3) is 0 Å². The maximum absolute atomic E-state index is 12.8. The fraction of sp³-hybridized carbons (Fsp3) is 0.619. The van der Waals surface area contributed by atoms with E-state index in [0.29, 0.717) is 31.9 Å². The van der Waals surface area contributed by atoms with Crippen molar-refractivity contribution in [3.05, 3.63) is 23.3 Å². The van der Waals surface area contributed by atoms with Gasteiger partial charge in [0.15, 0.2) is 11.5 Å². The second kappa shape index (κ2) is 7.62. The summed E-state index contributed by atoms with van der Waals surface area (Å²) >= 11 is 0. The Morgan fingerprint density at radius 2 is 1.96 bits per heavy atom. The van der Waals surface area contributed by atoms with Crippen molar-refractivity contribution in [2.24, 2.45) is 5.16 Å². The molecule has 1 spiro atoms. The second-order valence-electron chi connectivity index (χ2n) is 7.59. The molecule has 1 aromatic carbocycles. The number of hydrogen-bond donors (Lipinski definition) is 0. The number of amides is 1. The Bertz CT molecular complexity index is 783. The van der Waals surface area contributed by atoms with Crippen molar-refractivity contribution in [1.29, 1.82) is 0 Å². The van der Waals surface area contributed by atoms with Crippen LogP contribution in [0.3, 0.4) is 0 Å². The molecule has 3 aliphatic heterocycles. The number of hydrogen-bond acceptors (Lipinski definition) is 6. The van der Waals surface area contributed by atoms with Crippen molar-refractivity contribution in [2.45, 2.75) is 50.7 Å². The molecule has 3 heterocycles. The summed E-state index contributed by atoms with van der Waals surface area (Å²) in [5, 5.41) is 4.02. The molecule has 1 aromatic rings. The molecule has 3 aliphatic rings. The first-order valence-corrected chi connectivity index (χ1v) is 10.00. The van der Waals surface area contributed by atoms with Gasteiger partial charge < -0.3 is 23.9 Å². The van der Waals surface area contributed by atoms with Crippen LogP contribution < -0.4 is 9.47 Å². The number of carbonyl (C=O) groups is 1. The number of benzene rings is 1. The highest BCUT2D eigenvalue weighted by molar-refractivity contribution is 5.92. The van der Waals surface area contributed by atoms with E-state index in [-0.39, 0.29) is 11.5 Å². The zero-order valence-electron chi connectivity index (χ0n) is 16.8. The summed E-state index contributed by atoms with van der Waals surface area (Å²) in [6.07, 6.45) is 3.33. The summed E-state index contributed by atoms with van der Waals surface area (Å²) in [5.41, 5.74) is 2.99. The topological polar surface area (TPSA) is 69.6 Å². The van der Waals surface area contributed by atoms with Crippen molar-refractivity contribution < 1.29 is 23.8 Å². The predicted molar refractivity (Wildman–Crippen MR) is 104 cm³/mol. The lowest BCUT2D eigenvalue weighted by Crippen LogP contribution is -2.50. The lowest BCUT2D eigenvalue weighted by molar-refractivity contribution is -0.150. The number of fused-ring (bicyclic) bond motifs is 2. The molecule has 1 unspecified atom stereocenters. The number of piperidine rings is 1. The van der Waals surface area contributed by atoms with E-state index < -0.39 is 6.10 Å². The Labute approximate surface area is 165 Å². The molecule has 1 fully saturated rings. The predicted octanol–water partition coefficient (Wildman–Crippen LogP) is 2.65. The fourth-order valence-corrected chi connectivity index (χ4v) is 4.46. The highest BCUT2D eigenvalue weighted by Gasteiger charge is 2.43. The monoisotopic (exact) mass is 388 g/mol. The van der Waals surface area contributed by atoms with Gasteiger partial charge in [-0.25, -0.2) is 0 Å². The lowest BCUT2D eigenvalue weighted by atomic mass is 9.79. The van der Waals surface area contributed by atoms with E-state index in [0.717, 1.165) is 42.7 Å². The van der Waals surface area contributed by atoms with Crippen LogP contribution in [0.5, 0.6) is 11.5 Å². The van der Waals surface area contributed by atoms with Crippen LogP contribution in [0.2, 0.25) is 0 Å². The number of ether oxygens (including phenoxy) is 3. The van der Waals surface area contributed by atoms with Gasteiger partial charge in [0.25, 0.3) is 5.91 Å².